The van der Waals surface area contributed by atoms with E-state index in [-0.39, 0.29) is 6.10 Å². The zero-order chi connectivity index (χ0) is 15.6. The van der Waals surface area contributed by atoms with Gasteiger partial charge in [-0.1, -0.05) is 30.3 Å². The summed E-state index contributed by atoms with van der Waals surface area (Å²) in [4.78, 5) is 5.14. The first kappa shape index (κ1) is 15.3. The predicted molar refractivity (Wildman–Crippen MR) is 94.6 cm³/mol. The molecule has 2 fully saturated rings. The van der Waals surface area contributed by atoms with Crippen LogP contribution in [0.5, 0.6) is 0 Å². The van der Waals surface area contributed by atoms with Gasteiger partial charge in [0.15, 0.2) is 0 Å². The van der Waals surface area contributed by atoms with E-state index < -0.39 is 0 Å². The molecule has 0 bridgehead atoms. The Morgan fingerprint density at radius 3 is 2.70 bits per heavy atom. The summed E-state index contributed by atoms with van der Waals surface area (Å²) < 4.78 is 0. The Hall–Kier alpha value is -1.20. The summed E-state index contributed by atoms with van der Waals surface area (Å²) in [5.74, 6) is 0. The Morgan fingerprint density at radius 2 is 1.91 bits per heavy atom. The van der Waals surface area contributed by atoms with E-state index in [0.717, 1.165) is 39.0 Å². The van der Waals surface area contributed by atoms with E-state index in [1.807, 2.05) is 0 Å². The van der Waals surface area contributed by atoms with Crippen LogP contribution in [-0.2, 0) is 13.0 Å². The van der Waals surface area contributed by atoms with E-state index in [2.05, 4.69) is 57.0 Å². The van der Waals surface area contributed by atoms with E-state index in [1.165, 1.54) is 11.1 Å². The Labute approximate surface area is 142 Å². The van der Waals surface area contributed by atoms with Crippen LogP contribution < -0.4 is 0 Å². The average Bonchev–Trinajstić information content (AvgIpc) is 3.17. The topological polar surface area (TPSA) is 26.7 Å². The van der Waals surface area contributed by atoms with Gasteiger partial charge in [0.25, 0.3) is 0 Å². The molecular weight excluding hydrogens is 304 g/mol. The maximum atomic E-state index is 10.0. The maximum Gasteiger partial charge on any atom is 0.0682 e. The minimum Gasteiger partial charge on any atom is -0.392 e. The van der Waals surface area contributed by atoms with Crippen LogP contribution in [0.1, 0.15) is 17.5 Å². The van der Waals surface area contributed by atoms with E-state index in [1.54, 1.807) is 11.3 Å². The van der Waals surface area contributed by atoms with Crippen LogP contribution in [0, 0.1) is 0 Å². The molecule has 2 aromatic rings. The summed E-state index contributed by atoms with van der Waals surface area (Å²) >= 11 is 1.78. The van der Waals surface area contributed by atoms with Crippen LogP contribution in [0.2, 0.25) is 0 Å². The summed E-state index contributed by atoms with van der Waals surface area (Å²) in [5.41, 5.74) is 2.83. The van der Waals surface area contributed by atoms with E-state index in [9.17, 15) is 5.11 Å². The lowest BCUT2D eigenvalue weighted by Crippen LogP contribution is -2.56. The average molecular weight is 328 g/mol. The van der Waals surface area contributed by atoms with Crippen LogP contribution in [-0.4, -0.2) is 52.7 Å². The highest BCUT2D eigenvalue weighted by atomic mass is 32.1. The molecule has 0 amide bonds. The zero-order valence-electron chi connectivity index (χ0n) is 13.3. The highest BCUT2D eigenvalue weighted by Gasteiger charge is 2.39. The van der Waals surface area contributed by atoms with Gasteiger partial charge in [0.1, 0.15) is 0 Å². The smallest absolute Gasteiger partial charge is 0.0682 e. The third-order valence-corrected chi connectivity index (χ3v) is 5.92. The number of rotatable bonds is 4. The van der Waals surface area contributed by atoms with Crippen LogP contribution in [0.4, 0.5) is 0 Å². The Bertz CT molecular complexity index is 616. The first-order chi connectivity index (χ1) is 11.3. The Balaban J connectivity index is 1.52. The van der Waals surface area contributed by atoms with Crippen LogP contribution >= 0.6 is 11.3 Å². The van der Waals surface area contributed by atoms with Gasteiger partial charge in [-0.05, 0) is 40.8 Å². The number of hydrogen-bond acceptors (Lipinski definition) is 4. The Morgan fingerprint density at radius 1 is 1.04 bits per heavy atom. The molecule has 122 valence electrons. The van der Waals surface area contributed by atoms with Crippen molar-refractivity contribution in [2.45, 2.75) is 37.6 Å². The lowest BCUT2D eigenvalue weighted by Gasteiger charge is -2.43. The van der Waals surface area contributed by atoms with Crippen LogP contribution in [0.3, 0.4) is 0 Å². The molecule has 3 nitrogen and oxygen atoms in total. The fourth-order valence-electron chi connectivity index (χ4n) is 4.07. The molecule has 0 saturated carbocycles. The van der Waals surface area contributed by atoms with Crippen molar-refractivity contribution >= 4 is 11.3 Å². The van der Waals surface area contributed by atoms with Gasteiger partial charge in [0.05, 0.1) is 6.10 Å². The van der Waals surface area contributed by atoms with Crippen molar-refractivity contribution < 1.29 is 5.11 Å². The number of fused-ring (bicyclic) bond motifs is 1. The highest BCUT2D eigenvalue weighted by molar-refractivity contribution is 7.07. The number of aliphatic hydroxyl groups excluding tert-OH is 1. The molecule has 1 aromatic heterocycles. The summed E-state index contributed by atoms with van der Waals surface area (Å²) in [5, 5.41) is 14.4. The molecule has 2 aliphatic rings. The van der Waals surface area contributed by atoms with Gasteiger partial charge >= 0.3 is 0 Å². The monoisotopic (exact) mass is 328 g/mol. The molecule has 1 N–H and O–H groups in total. The fraction of sp³-hybridized carbons (Fsp3) is 0.474. The second kappa shape index (κ2) is 6.73. The summed E-state index contributed by atoms with van der Waals surface area (Å²) in [6, 6.07) is 14.1. The van der Waals surface area contributed by atoms with Crippen molar-refractivity contribution in [1.82, 2.24) is 9.80 Å². The normalized spacial score (nSPS) is 28.8. The molecule has 0 radical (unpaired) electrons. The quantitative estimate of drug-likeness (QED) is 0.935. The Kier molecular flexibility index (Phi) is 4.49. The van der Waals surface area contributed by atoms with Gasteiger partial charge in [-0.25, -0.2) is 0 Å². The number of piperazine rings is 1. The second-order valence-corrected chi connectivity index (χ2v) is 7.68. The van der Waals surface area contributed by atoms with Gasteiger partial charge in [0.2, 0.25) is 0 Å². The largest absolute Gasteiger partial charge is 0.392 e. The van der Waals surface area contributed by atoms with Crippen molar-refractivity contribution in [3.05, 3.63) is 58.3 Å². The first-order valence-corrected chi connectivity index (χ1v) is 9.43. The molecule has 4 heteroatoms. The van der Waals surface area contributed by atoms with E-state index in [4.69, 9.17) is 0 Å². The van der Waals surface area contributed by atoms with Crippen LogP contribution in [0.15, 0.2) is 47.2 Å². The minimum absolute atomic E-state index is 0.140. The molecule has 3 atom stereocenters. The number of hydrogen-bond donors (Lipinski definition) is 1. The highest BCUT2D eigenvalue weighted by Crippen LogP contribution is 2.28. The molecule has 0 aliphatic carbocycles. The molecule has 0 spiro atoms. The lowest BCUT2D eigenvalue weighted by atomic mass is 9.99. The van der Waals surface area contributed by atoms with Crippen molar-refractivity contribution in [2.75, 3.05) is 19.6 Å². The summed E-state index contributed by atoms with van der Waals surface area (Å²) in [6.07, 6.45) is 1.88. The van der Waals surface area contributed by atoms with Gasteiger partial charge < -0.3 is 5.11 Å². The standard InChI is InChI=1S/C19H24N2OS/c22-19-9-18-12-20(10-16-6-7-23-14-16)17(11-21(18)13-19)8-15-4-2-1-3-5-15/h1-7,14,17-19,22H,8-13H2/t17-,18+,19-/m1/s1. The lowest BCUT2D eigenvalue weighted by molar-refractivity contribution is 0.0446. The summed E-state index contributed by atoms with van der Waals surface area (Å²) in [6.45, 7) is 4.02. The van der Waals surface area contributed by atoms with Gasteiger partial charge in [-0.2, -0.15) is 11.3 Å². The van der Waals surface area contributed by atoms with Gasteiger partial charge in [-0.15, -0.1) is 0 Å². The molecule has 0 unspecified atom stereocenters. The molecule has 1 aromatic carbocycles. The van der Waals surface area contributed by atoms with Crippen molar-refractivity contribution in [3.8, 4) is 0 Å². The number of benzene rings is 1. The SMILES string of the molecule is O[C@@H]1C[C@H]2CN(Cc3ccsc3)[C@H](Cc3ccccc3)CN2C1. The third kappa shape index (κ3) is 3.50. The first-order valence-electron chi connectivity index (χ1n) is 8.49. The molecular formula is C19H24N2OS. The van der Waals surface area contributed by atoms with E-state index in [0.29, 0.717) is 12.1 Å². The fourth-order valence-corrected chi connectivity index (χ4v) is 4.73. The molecule has 2 aliphatic heterocycles. The van der Waals surface area contributed by atoms with Crippen LogP contribution in [0.25, 0.3) is 0 Å². The molecule has 2 saturated heterocycles. The third-order valence-electron chi connectivity index (χ3n) is 5.19. The minimum atomic E-state index is -0.140. The van der Waals surface area contributed by atoms with Gasteiger partial charge in [-0.3, -0.25) is 9.80 Å². The van der Waals surface area contributed by atoms with Crippen molar-refractivity contribution in [1.29, 1.82) is 0 Å². The summed E-state index contributed by atoms with van der Waals surface area (Å²) in [7, 11) is 0. The molecule has 23 heavy (non-hydrogen) atoms. The maximum absolute atomic E-state index is 10.0. The number of aliphatic hydroxyl groups is 1. The number of nitrogens with zero attached hydrogens (tertiary/aromatic N) is 2. The van der Waals surface area contributed by atoms with Crippen molar-refractivity contribution in [2.24, 2.45) is 0 Å². The van der Waals surface area contributed by atoms with Gasteiger partial charge in [0, 0.05) is 38.3 Å². The predicted octanol–water partition coefficient (Wildman–Crippen LogP) is 2.61. The molecule has 3 heterocycles. The van der Waals surface area contributed by atoms with E-state index >= 15 is 0 Å². The second-order valence-electron chi connectivity index (χ2n) is 6.90. The zero-order valence-corrected chi connectivity index (χ0v) is 14.2. The molecule has 4 rings (SSSR count). The number of thiophene rings is 1. The van der Waals surface area contributed by atoms with Crippen molar-refractivity contribution in [3.63, 3.8) is 0 Å².